The average Bonchev–Trinajstić information content (AvgIpc) is 2.94. The van der Waals surface area contributed by atoms with Gasteiger partial charge >= 0.3 is 5.97 Å². The summed E-state index contributed by atoms with van der Waals surface area (Å²) in [5.41, 5.74) is 0.706. The van der Waals surface area contributed by atoms with Gasteiger partial charge in [-0.3, -0.25) is 14.5 Å². The van der Waals surface area contributed by atoms with Gasteiger partial charge in [-0.2, -0.15) is 0 Å². The lowest BCUT2D eigenvalue weighted by Gasteiger charge is -2.20. The molecule has 1 fully saturated rings. The molecule has 0 radical (unpaired) electrons. The molecule has 1 aliphatic heterocycles. The van der Waals surface area contributed by atoms with Crippen molar-refractivity contribution in [3.05, 3.63) is 24.3 Å². The Balaban J connectivity index is 0.00000242. The van der Waals surface area contributed by atoms with Crippen molar-refractivity contribution in [2.75, 3.05) is 25.5 Å². The van der Waals surface area contributed by atoms with Gasteiger partial charge in [-0.05, 0) is 43.7 Å². The highest BCUT2D eigenvalue weighted by molar-refractivity contribution is 5.90. The van der Waals surface area contributed by atoms with E-state index in [1.54, 1.807) is 31.4 Å². The zero-order chi connectivity index (χ0) is 15.2. The fourth-order valence-electron chi connectivity index (χ4n) is 2.52. The molecule has 0 unspecified atom stereocenters. The van der Waals surface area contributed by atoms with E-state index < -0.39 is 12.0 Å². The number of aliphatic carboxylic acids is 1. The molecule has 0 bridgehead atoms. The quantitative estimate of drug-likeness (QED) is 0.835. The summed E-state index contributed by atoms with van der Waals surface area (Å²) < 4.78 is 5.05. The van der Waals surface area contributed by atoms with Crippen molar-refractivity contribution in [2.45, 2.75) is 25.3 Å². The highest BCUT2D eigenvalue weighted by atomic mass is 35.5. The van der Waals surface area contributed by atoms with Gasteiger partial charge in [0, 0.05) is 18.7 Å². The minimum Gasteiger partial charge on any atom is -0.497 e. The van der Waals surface area contributed by atoms with Crippen LogP contribution < -0.4 is 10.1 Å². The second kappa shape index (κ2) is 8.60. The van der Waals surface area contributed by atoms with Crippen LogP contribution in [0.1, 0.15) is 19.3 Å². The van der Waals surface area contributed by atoms with Gasteiger partial charge in [-0.15, -0.1) is 12.4 Å². The topological polar surface area (TPSA) is 78.9 Å². The van der Waals surface area contributed by atoms with E-state index in [2.05, 4.69) is 5.32 Å². The first-order chi connectivity index (χ1) is 10.1. The van der Waals surface area contributed by atoms with E-state index in [4.69, 9.17) is 9.84 Å². The Morgan fingerprint density at radius 2 is 2.05 bits per heavy atom. The second-order valence-corrected chi connectivity index (χ2v) is 5.06. The number of anilines is 1. The first kappa shape index (κ1) is 18.3. The first-order valence-corrected chi connectivity index (χ1v) is 7.01. The molecule has 2 rings (SSSR count). The summed E-state index contributed by atoms with van der Waals surface area (Å²) in [5, 5.41) is 11.9. The average molecular weight is 329 g/mol. The fourth-order valence-corrected chi connectivity index (χ4v) is 2.52. The number of halogens is 1. The predicted octanol–water partition coefficient (Wildman–Crippen LogP) is 1.99. The van der Waals surface area contributed by atoms with Gasteiger partial charge in [-0.25, -0.2) is 0 Å². The van der Waals surface area contributed by atoms with Crippen molar-refractivity contribution in [1.82, 2.24) is 4.90 Å². The summed E-state index contributed by atoms with van der Waals surface area (Å²) in [7, 11) is 1.59. The van der Waals surface area contributed by atoms with Crippen LogP contribution in [0, 0.1) is 0 Å². The van der Waals surface area contributed by atoms with Gasteiger partial charge in [0.2, 0.25) is 5.91 Å². The third-order valence-corrected chi connectivity index (χ3v) is 3.65. The van der Waals surface area contributed by atoms with Crippen molar-refractivity contribution in [2.24, 2.45) is 0 Å². The largest absolute Gasteiger partial charge is 0.497 e. The molecule has 1 aromatic rings. The van der Waals surface area contributed by atoms with Crippen LogP contribution in [0.3, 0.4) is 0 Å². The molecule has 0 aliphatic carbocycles. The van der Waals surface area contributed by atoms with Crippen molar-refractivity contribution >= 4 is 30.0 Å². The second-order valence-electron chi connectivity index (χ2n) is 5.06. The van der Waals surface area contributed by atoms with Gasteiger partial charge in [0.15, 0.2) is 0 Å². The number of carboxylic acid groups (broad SMARTS) is 1. The van der Waals surface area contributed by atoms with Crippen molar-refractivity contribution in [1.29, 1.82) is 0 Å². The maximum Gasteiger partial charge on any atom is 0.320 e. The molecule has 6 nitrogen and oxygen atoms in total. The van der Waals surface area contributed by atoms with Crippen LogP contribution in [0.5, 0.6) is 5.75 Å². The van der Waals surface area contributed by atoms with Gasteiger partial charge in [0.05, 0.1) is 7.11 Å². The number of likely N-dealkylation sites (tertiary alicyclic amines) is 1. The van der Waals surface area contributed by atoms with Gasteiger partial charge in [0.25, 0.3) is 0 Å². The standard InChI is InChI=1S/C15H20N2O4.ClH/c1-21-12-6-4-11(5-7-12)16-14(18)8-10-17-9-2-3-13(17)15(19)20;/h4-7,13H,2-3,8-10H2,1H3,(H,16,18)(H,19,20);1H/t13-;/m0./s1. The van der Waals surface area contributed by atoms with Crippen LogP contribution in [-0.2, 0) is 9.59 Å². The Morgan fingerprint density at radius 1 is 1.36 bits per heavy atom. The predicted molar refractivity (Wildman–Crippen MR) is 85.7 cm³/mol. The molecular formula is C15H21ClN2O4. The van der Waals surface area contributed by atoms with E-state index in [0.29, 0.717) is 18.7 Å². The summed E-state index contributed by atoms with van der Waals surface area (Å²) in [6.07, 6.45) is 1.82. The molecule has 2 N–H and O–H groups in total. The van der Waals surface area contributed by atoms with E-state index >= 15 is 0 Å². The van der Waals surface area contributed by atoms with Crippen LogP contribution >= 0.6 is 12.4 Å². The lowest BCUT2D eigenvalue weighted by molar-refractivity contribution is -0.142. The lowest BCUT2D eigenvalue weighted by atomic mass is 10.2. The maximum absolute atomic E-state index is 11.9. The number of rotatable bonds is 6. The maximum atomic E-state index is 11.9. The van der Waals surface area contributed by atoms with E-state index in [1.807, 2.05) is 4.90 Å². The summed E-state index contributed by atoms with van der Waals surface area (Å²) in [6.45, 7) is 1.21. The number of methoxy groups -OCH3 is 1. The molecule has 1 amide bonds. The molecule has 1 saturated heterocycles. The number of amides is 1. The van der Waals surface area contributed by atoms with Crippen molar-refractivity contribution in [3.63, 3.8) is 0 Å². The molecule has 0 aromatic heterocycles. The molecule has 0 saturated carbocycles. The molecule has 1 aromatic carbocycles. The SMILES string of the molecule is COc1ccc(NC(=O)CCN2CCC[C@H]2C(=O)O)cc1.Cl. The number of ether oxygens (including phenoxy) is 1. The van der Waals surface area contributed by atoms with Crippen LogP contribution in [0.25, 0.3) is 0 Å². The Hall–Kier alpha value is -1.79. The van der Waals surface area contributed by atoms with Gasteiger partial charge in [0.1, 0.15) is 11.8 Å². The van der Waals surface area contributed by atoms with E-state index in [-0.39, 0.29) is 24.7 Å². The molecule has 7 heteroatoms. The van der Waals surface area contributed by atoms with Crippen LogP contribution in [0.15, 0.2) is 24.3 Å². The minimum atomic E-state index is -0.803. The van der Waals surface area contributed by atoms with Crippen LogP contribution in [-0.4, -0.2) is 48.1 Å². The van der Waals surface area contributed by atoms with Crippen molar-refractivity contribution in [3.8, 4) is 5.75 Å². The molecule has 122 valence electrons. The molecular weight excluding hydrogens is 308 g/mol. The first-order valence-electron chi connectivity index (χ1n) is 7.01. The van der Waals surface area contributed by atoms with Crippen LogP contribution in [0.4, 0.5) is 5.69 Å². The number of carbonyl (C=O) groups excluding carboxylic acids is 1. The van der Waals surface area contributed by atoms with E-state index in [0.717, 1.165) is 18.7 Å². The number of hydrogen-bond donors (Lipinski definition) is 2. The number of nitrogens with one attached hydrogen (secondary N) is 1. The third-order valence-electron chi connectivity index (χ3n) is 3.65. The van der Waals surface area contributed by atoms with Crippen LogP contribution in [0.2, 0.25) is 0 Å². The number of carbonyl (C=O) groups is 2. The van der Waals surface area contributed by atoms with E-state index in [9.17, 15) is 9.59 Å². The third kappa shape index (κ3) is 4.89. The fraction of sp³-hybridized carbons (Fsp3) is 0.467. The Bertz CT molecular complexity index is 507. The Morgan fingerprint density at radius 3 is 2.64 bits per heavy atom. The molecule has 22 heavy (non-hydrogen) atoms. The van der Waals surface area contributed by atoms with Gasteiger partial charge < -0.3 is 15.2 Å². The number of carboxylic acids is 1. The van der Waals surface area contributed by atoms with Crippen molar-refractivity contribution < 1.29 is 19.4 Å². The minimum absolute atomic E-state index is 0. The van der Waals surface area contributed by atoms with Gasteiger partial charge in [-0.1, -0.05) is 0 Å². The highest BCUT2D eigenvalue weighted by Gasteiger charge is 2.30. The summed E-state index contributed by atoms with van der Waals surface area (Å²) in [4.78, 5) is 24.8. The summed E-state index contributed by atoms with van der Waals surface area (Å²) >= 11 is 0. The summed E-state index contributed by atoms with van der Waals surface area (Å²) in [5.74, 6) is -0.186. The Labute approximate surface area is 135 Å². The normalized spacial score (nSPS) is 17.6. The zero-order valence-electron chi connectivity index (χ0n) is 12.4. The molecule has 1 heterocycles. The number of hydrogen-bond acceptors (Lipinski definition) is 4. The summed E-state index contributed by atoms with van der Waals surface area (Å²) in [6, 6.07) is 6.64. The zero-order valence-corrected chi connectivity index (χ0v) is 13.3. The molecule has 1 aliphatic rings. The number of benzene rings is 1. The highest BCUT2D eigenvalue weighted by Crippen LogP contribution is 2.18. The molecule has 1 atom stereocenters. The number of nitrogens with zero attached hydrogens (tertiary/aromatic N) is 1. The monoisotopic (exact) mass is 328 g/mol. The lowest BCUT2D eigenvalue weighted by Crippen LogP contribution is -2.37. The molecule has 0 spiro atoms. The Kier molecular flexibility index (Phi) is 7.14. The van der Waals surface area contributed by atoms with E-state index in [1.165, 1.54) is 0 Å². The smallest absolute Gasteiger partial charge is 0.320 e.